The molecule has 0 aromatic heterocycles. The van der Waals surface area contributed by atoms with E-state index in [0.29, 0.717) is 6.04 Å². The summed E-state index contributed by atoms with van der Waals surface area (Å²) in [5, 5.41) is 0. The van der Waals surface area contributed by atoms with Crippen molar-refractivity contribution in [2.24, 2.45) is 10.8 Å². The Balaban J connectivity index is 1.63. The average Bonchev–Trinajstić information content (AvgIpc) is 2.75. The summed E-state index contributed by atoms with van der Waals surface area (Å²) in [5.41, 5.74) is 9.77. The molecular weight excluding hydrogens is 386 g/mol. The Bertz CT molecular complexity index is 1050. The first kappa shape index (κ1) is 22.8. The minimum Gasteiger partial charge on any atom is -0.292 e. The van der Waals surface area contributed by atoms with Gasteiger partial charge in [-0.05, 0) is 49.0 Å². The van der Waals surface area contributed by atoms with E-state index in [1.54, 1.807) is 5.57 Å². The smallest absolute Gasteiger partial charge is 0.0349 e. The zero-order valence-electron chi connectivity index (χ0n) is 20.8. The van der Waals surface area contributed by atoms with Gasteiger partial charge in [-0.25, -0.2) is 0 Å². The Morgan fingerprint density at radius 3 is 2.25 bits per heavy atom. The van der Waals surface area contributed by atoms with E-state index in [1.165, 1.54) is 27.8 Å². The molecule has 1 unspecified atom stereocenters. The summed E-state index contributed by atoms with van der Waals surface area (Å²) < 4.78 is 0. The topological polar surface area (TPSA) is 3.24 Å². The lowest BCUT2D eigenvalue weighted by Gasteiger charge is -2.52. The van der Waals surface area contributed by atoms with Gasteiger partial charge >= 0.3 is 0 Å². The van der Waals surface area contributed by atoms with Gasteiger partial charge in [-0.2, -0.15) is 0 Å². The number of fused-ring (bicyclic) bond motifs is 1. The lowest BCUT2D eigenvalue weighted by Crippen LogP contribution is -2.47. The second-order valence-electron chi connectivity index (χ2n) is 10.7. The standard InChI is InChI=1S/C31H39N/c1-8-28(26-11-9-23(4)10-12-26)32-20-18-29-30(5,6)27(17-19-31(29,7)21-32)25-15-13-24(14-16-25)22(2)3/h9-18,28H,2,8,19-21H2,1,3-7H3/t28?,31-/m1/s1. The van der Waals surface area contributed by atoms with Crippen LogP contribution in [0.3, 0.4) is 0 Å². The first-order valence-corrected chi connectivity index (χ1v) is 12.1. The van der Waals surface area contributed by atoms with Gasteiger partial charge in [0, 0.05) is 30.0 Å². The van der Waals surface area contributed by atoms with Crippen LogP contribution in [0.15, 0.2) is 72.8 Å². The normalized spacial score (nSPS) is 23.7. The highest BCUT2D eigenvalue weighted by molar-refractivity contribution is 5.76. The maximum Gasteiger partial charge on any atom is 0.0349 e. The van der Waals surface area contributed by atoms with Gasteiger partial charge < -0.3 is 0 Å². The van der Waals surface area contributed by atoms with Crippen LogP contribution in [0, 0.1) is 17.8 Å². The van der Waals surface area contributed by atoms with Gasteiger partial charge in [0.25, 0.3) is 0 Å². The zero-order chi connectivity index (χ0) is 23.1. The Morgan fingerprint density at radius 1 is 1.00 bits per heavy atom. The molecule has 0 bridgehead atoms. The van der Waals surface area contributed by atoms with Crippen molar-refractivity contribution in [1.29, 1.82) is 0 Å². The third-order valence-electron chi connectivity index (χ3n) is 7.81. The number of allylic oxidation sites excluding steroid dienone is 3. The highest BCUT2D eigenvalue weighted by Gasteiger charge is 2.46. The molecule has 0 radical (unpaired) electrons. The van der Waals surface area contributed by atoms with Crippen LogP contribution >= 0.6 is 0 Å². The molecule has 1 heteroatoms. The highest BCUT2D eigenvalue weighted by Crippen LogP contribution is 2.56. The largest absolute Gasteiger partial charge is 0.292 e. The van der Waals surface area contributed by atoms with E-state index in [1.807, 2.05) is 0 Å². The second kappa shape index (κ2) is 8.52. The van der Waals surface area contributed by atoms with Crippen LogP contribution < -0.4 is 0 Å². The van der Waals surface area contributed by atoms with Gasteiger partial charge in [0.2, 0.25) is 0 Å². The fourth-order valence-corrected chi connectivity index (χ4v) is 6.11. The number of rotatable bonds is 5. The van der Waals surface area contributed by atoms with Crippen LogP contribution in [0.5, 0.6) is 0 Å². The molecule has 2 aromatic carbocycles. The third-order valence-corrected chi connectivity index (χ3v) is 7.81. The molecule has 0 saturated heterocycles. The van der Waals surface area contributed by atoms with Crippen molar-refractivity contribution in [2.45, 2.75) is 60.4 Å². The van der Waals surface area contributed by atoms with E-state index in [4.69, 9.17) is 0 Å². The number of aryl methyl sites for hydroxylation is 1. The molecule has 2 aliphatic rings. The Hall–Kier alpha value is -2.38. The van der Waals surface area contributed by atoms with E-state index < -0.39 is 0 Å². The van der Waals surface area contributed by atoms with E-state index in [9.17, 15) is 0 Å². The predicted molar refractivity (Wildman–Crippen MR) is 139 cm³/mol. The lowest BCUT2D eigenvalue weighted by molar-refractivity contribution is 0.120. The van der Waals surface area contributed by atoms with Crippen molar-refractivity contribution in [1.82, 2.24) is 4.90 Å². The van der Waals surface area contributed by atoms with E-state index in [-0.39, 0.29) is 10.8 Å². The van der Waals surface area contributed by atoms with Crippen molar-refractivity contribution < 1.29 is 0 Å². The van der Waals surface area contributed by atoms with E-state index >= 15 is 0 Å². The minimum absolute atomic E-state index is 0.0371. The Kier molecular flexibility index (Phi) is 6.07. The van der Waals surface area contributed by atoms with Crippen LogP contribution in [0.2, 0.25) is 0 Å². The summed E-state index contributed by atoms with van der Waals surface area (Å²) in [6.07, 6.45) is 7.31. The van der Waals surface area contributed by atoms with Crippen molar-refractivity contribution in [2.75, 3.05) is 13.1 Å². The molecule has 1 aliphatic carbocycles. The number of nitrogens with zero attached hydrogens (tertiary/aromatic N) is 1. The molecule has 2 aromatic rings. The summed E-state index contributed by atoms with van der Waals surface area (Å²) in [6.45, 7) is 20.1. The molecule has 0 saturated carbocycles. The molecular formula is C31H39N. The summed E-state index contributed by atoms with van der Waals surface area (Å²) in [5.74, 6) is 0. The summed E-state index contributed by atoms with van der Waals surface area (Å²) in [7, 11) is 0. The van der Waals surface area contributed by atoms with Crippen LogP contribution in [-0.4, -0.2) is 18.0 Å². The van der Waals surface area contributed by atoms with Gasteiger partial charge in [-0.1, -0.05) is 112 Å². The van der Waals surface area contributed by atoms with Crippen molar-refractivity contribution in [3.05, 3.63) is 95.1 Å². The second-order valence-corrected chi connectivity index (χ2v) is 10.7. The van der Waals surface area contributed by atoms with Crippen molar-refractivity contribution in [3.8, 4) is 0 Å². The zero-order valence-corrected chi connectivity index (χ0v) is 20.8. The maximum absolute atomic E-state index is 4.09. The summed E-state index contributed by atoms with van der Waals surface area (Å²) >= 11 is 0. The third kappa shape index (κ3) is 4.04. The quantitative estimate of drug-likeness (QED) is 0.436. The van der Waals surface area contributed by atoms with Gasteiger partial charge in [0.05, 0.1) is 0 Å². The molecule has 0 N–H and O–H groups in total. The highest BCUT2D eigenvalue weighted by atomic mass is 15.2. The molecule has 1 heterocycles. The van der Waals surface area contributed by atoms with Gasteiger partial charge in [0.1, 0.15) is 0 Å². The molecule has 1 aliphatic heterocycles. The lowest BCUT2D eigenvalue weighted by atomic mass is 9.58. The number of benzene rings is 2. The molecule has 2 atom stereocenters. The minimum atomic E-state index is 0.0371. The predicted octanol–water partition coefficient (Wildman–Crippen LogP) is 8.24. The molecule has 4 rings (SSSR count). The van der Waals surface area contributed by atoms with Crippen molar-refractivity contribution >= 4 is 11.1 Å². The van der Waals surface area contributed by atoms with E-state index in [0.717, 1.165) is 31.5 Å². The van der Waals surface area contributed by atoms with Crippen LogP contribution in [0.1, 0.15) is 75.8 Å². The van der Waals surface area contributed by atoms with Crippen molar-refractivity contribution in [3.63, 3.8) is 0 Å². The van der Waals surface area contributed by atoms with Crippen LogP contribution in [0.25, 0.3) is 11.1 Å². The van der Waals surface area contributed by atoms with Crippen LogP contribution in [-0.2, 0) is 0 Å². The first-order valence-electron chi connectivity index (χ1n) is 12.1. The maximum atomic E-state index is 4.09. The fourth-order valence-electron chi connectivity index (χ4n) is 6.11. The van der Waals surface area contributed by atoms with Gasteiger partial charge in [-0.15, -0.1) is 0 Å². The Labute approximate surface area is 195 Å². The molecule has 1 nitrogen and oxygen atoms in total. The summed E-state index contributed by atoms with van der Waals surface area (Å²) in [4.78, 5) is 2.70. The average molecular weight is 426 g/mol. The van der Waals surface area contributed by atoms with E-state index in [2.05, 4.69) is 114 Å². The summed E-state index contributed by atoms with van der Waals surface area (Å²) in [6, 6.07) is 18.6. The fraction of sp³-hybridized carbons (Fsp3) is 0.419. The molecule has 0 spiro atoms. The monoisotopic (exact) mass is 425 g/mol. The molecule has 32 heavy (non-hydrogen) atoms. The SMILES string of the molecule is C=C(C)c1ccc(C2=CC[C@]3(C)CN(C(CC)c4ccc(C)cc4)CC=C3C2(C)C)cc1. The molecule has 0 amide bonds. The van der Waals surface area contributed by atoms with Gasteiger partial charge in [0.15, 0.2) is 0 Å². The number of hydrogen-bond donors (Lipinski definition) is 0. The first-order chi connectivity index (χ1) is 15.2. The Morgan fingerprint density at radius 2 is 1.66 bits per heavy atom. The number of hydrogen-bond acceptors (Lipinski definition) is 1. The molecule has 168 valence electrons. The van der Waals surface area contributed by atoms with Gasteiger partial charge in [-0.3, -0.25) is 4.90 Å². The van der Waals surface area contributed by atoms with Crippen LogP contribution in [0.4, 0.5) is 0 Å². The molecule has 0 fully saturated rings.